The number of rotatable bonds is 4. The quantitative estimate of drug-likeness (QED) is 0.563. The van der Waals surface area contributed by atoms with Crippen LogP contribution in [0.2, 0.25) is 0 Å². The van der Waals surface area contributed by atoms with E-state index in [2.05, 4.69) is 15.4 Å². The summed E-state index contributed by atoms with van der Waals surface area (Å²) >= 11 is 0. The number of aryl methyl sites for hydroxylation is 2. The maximum absolute atomic E-state index is 12.8. The number of nitrogens with zero attached hydrogens (tertiary/aromatic N) is 3. The number of benzene rings is 2. The molecule has 2 aromatic carbocycles. The lowest BCUT2D eigenvalue weighted by atomic mass is 10.1. The van der Waals surface area contributed by atoms with Crippen LogP contribution in [0.25, 0.3) is 16.9 Å². The van der Waals surface area contributed by atoms with Crippen molar-refractivity contribution >= 4 is 11.6 Å². The topological polar surface area (TPSA) is 59.8 Å². The van der Waals surface area contributed by atoms with Crippen LogP contribution in [0, 0.1) is 13.8 Å². The summed E-state index contributed by atoms with van der Waals surface area (Å²) in [5, 5.41) is 7.52. The molecule has 0 unspecified atom stereocenters. The van der Waals surface area contributed by atoms with Gasteiger partial charge >= 0.3 is 0 Å². The van der Waals surface area contributed by atoms with Gasteiger partial charge in [-0.2, -0.15) is 5.10 Å². The third-order valence-corrected chi connectivity index (χ3v) is 4.68. The van der Waals surface area contributed by atoms with Crippen molar-refractivity contribution in [1.82, 2.24) is 14.8 Å². The molecule has 138 valence electrons. The molecule has 2 aromatic heterocycles. The lowest BCUT2D eigenvalue weighted by Crippen LogP contribution is -2.13. The van der Waals surface area contributed by atoms with Crippen LogP contribution in [0.3, 0.4) is 0 Å². The van der Waals surface area contributed by atoms with Gasteiger partial charge < -0.3 is 5.32 Å². The summed E-state index contributed by atoms with van der Waals surface area (Å²) in [6.45, 7) is 4.07. The van der Waals surface area contributed by atoms with Crippen molar-refractivity contribution in [2.75, 3.05) is 5.32 Å². The second-order valence-electron chi connectivity index (χ2n) is 6.65. The van der Waals surface area contributed by atoms with Crippen molar-refractivity contribution in [2.45, 2.75) is 13.8 Å². The van der Waals surface area contributed by atoms with Crippen molar-refractivity contribution in [3.63, 3.8) is 0 Å². The third-order valence-electron chi connectivity index (χ3n) is 4.68. The average Bonchev–Trinajstić information content (AvgIpc) is 3.18. The van der Waals surface area contributed by atoms with Crippen LogP contribution in [0.15, 0.2) is 79.1 Å². The largest absolute Gasteiger partial charge is 0.321 e. The summed E-state index contributed by atoms with van der Waals surface area (Å²) in [4.78, 5) is 16.9. The van der Waals surface area contributed by atoms with Gasteiger partial charge in [0.2, 0.25) is 0 Å². The number of hydrogen-bond acceptors (Lipinski definition) is 3. The highest BCUT2D eigenvalue weighted by Gasteiger charge is 2.17. The van der Waals surface area contributed by atoms with Crippen molar-refractivity contribution in [1.29, 1.82) is 0 Å². The van der Waals surface area contributed by atoms with Crippen molar-refractivity contribution in [3.05, 3.63) is 95.9 Å². The molecule has 5 heteroatoms. The zero-order valence-electron chi connectivity index (χ0n) is 15.8. The Kier molecular flexibility index (Phi) is 4.72. The first-order valence-corrected chi connectivity index (χ1v) is 9.06. The Labute approximate surface area is 163 Å². The van der Waals surface area contributed by atoms with E-state index in [1.165, 1.54) is 5.56 Å². The zero-order chi connectivity index (χ0) is 19.5. The van der Waals surface area contributed by atoms with Gasteiger partial charge in [0.05, 0.1) is 11.4 Å². The number of carbonyl (C=O) groups excluding carboxylic acids is 1. The van der Waals surface area contributed by atoms with Gasteiger partial charge in [0.15, 0.2) is 5.69 Å². The predicted octanol–water partition coefficient (Wildman–Crippen LogP) is 4.80. The number of amides is 1. The summed E-state index contributed by atoms with van der Waals surface area (Å²) in [7, 11) is 0. The van der Waals surface area contributed by atoms with Gasteiger partial charge in [-0.1, -0.05) is 24.3 Å². The second kappa shape index (κ2) is 7.48. The molecule has 1 N–H and O–H groups in total. The van der Waals surface area contributed by atoms with Crippen LogP contribution in [-0.2, 0) is 0 Å². The van der Waals surface area contributed by atoms with Crippen molar-refractivity contribution < 1.29 is 4.79 Å². The van der Waals surface area contributed by atoms with Gasteiger partial charge in [-0.3, -0.25) is 9.78 Å². The van der Waals surface area contributed by atoms with E-state index in [0.717, 1.165) is 28.2 Å². The Balaban J connectivity index is 1.72. The number of pyridine rings is 1. The Morgan fingerprint density at radius 2 is 1.64 bits per heavy atom. The van der Waals surface area contributed by atoms with Crippen LogP contribution in [0.4, 0.5) is 5.69 Å². The molecule has 5 nitrogen and oxygen atoms in total. The van der Waals surface area contributed by atoms with Crippen LogP contribution in [0.5, 0.6) is 0 Å². The Bertz CT molecular complexity index is 1060. The van der Waals surface area contributed by atoms with Gasteiger partial charge in [0.1, 0.15) is 0 Å². The lowest BCUT2D eigenvalue weighted by Gasteiger charge is -2.07. The summed E-state index contributed by atoms with van der Waals surface area (Å²) in [5.74, 6) is -0.242. The highest BCUT2D eigenvalue weighted by atomic mass is 16.1. The lowest BCUT2D eigenvalue weighted by molar-refractivity contribution is 0.102. The fraction of sp³-hybridized carbons (Fsp3) is 0.0870. The highest BCUT2D eigenvalue weighted by molar-refractivity contribution is 6.03. The van der Waals surface area contributed by atoms with E-state index in [0.29, 0.717) is 5.69 Å². The molecule has 0 atom stereocenters. The van der Waals surface area contributed by atoms with Crippen LogP contribution in [0.1, 0.15) is 21.6 Å². The second-order valence-corrected chi connectivity index (χ2v) is 6.65. The molecule has 0 saturated carbocycles. The molecule has 0 aliphatic rings. The molecule has 0 saturated heterocycles. The summed E-state index contributed by atoms with van der Waals surface area (Å²) in [6, 6.07) is 21.2. The number of carbonyl (C=O) groups is 1. The SMILES string of the molecule is Cc1ccc(NC(=O)c2cc(-c3ccncc3)n(-c3ccccc3)n2)cc1C. The number of para-hydroxylation sites is 1. The number of anilines is 1. The van der Waals surface area contributed by atoms with Gasteiger partial charge in [-0.05, 0) is 67.4 Å². The minimum atomic E-state index is -0.242. The first-order valence-electron chi connectivity index (χ1n) is 9.06. The molecule has 0 aliphatic carbocycles. The first kappa shape index (κ1) is 17.7. The third kappa shape index (κ3) is 3.55. The van der Waals surface area contributed by atoms with Crippen molar-refractivity contribution in [2.24, 2.45) is 0 Å². The van der Waals surface area contributed by atoms with Crippen LogP contribution < -0.4 is 5.32 Å². The molecule has 0 spiro atoms. The molecule has 28 heavy (non-hydrogen) atoms. The fourth-order valence-corrected chi connectivity index (χ4v) is 3.00. The Morgan fingerprint density at radius 1 is 0.893 bits per heavy atom. The monoisotopic (exact) mass is 368 g/mol. The molecule has 4 rings (SSSR count). The normalized spacial score (nSPS) is 10.6. The van der Waals surface area contributed by atoms with E-state index >= 15 is 0 Å². The highest BCUT2D eigenvalue weighted by Crippen LogP contribution is 2.24. The van der Waals surface area contributed by atoms with Crippen molar-refractivity contribution in [3.8, 4) is 16.9 Å². The van der Waals surface area contributed by atoms with Gasteiger partial charge in [-0.15, -0.1) is 0 Å². The molecule has 0 bridgehead atoms. The fourth-order valence-electron chi connectivity index (χ4n) is 3.00. The van der Waals surface area contributed by atoms with Crippen LogP contribution in [-0.4, -0.2) is 20.7 Å². The summed E-state index contributed by atoms with van der Waals surface area (Å²) in [6.07, 6.45) is 3.46. The van der Waals surface area contributed by atoms with E-state index in [1.54, 1.807) is 23.1 Å². The predicted molar refractivity (Wildman–Crippen MR) is 111 cm³/mol. The molecule has 4 aromatic rings. The molecular formula is C23H20N4O. The number of hydrogen-bond donors (Lipinski definition) is 1. The van der Waals surface area contributed by atoms with Gasteiger partial charge in [0.25, 0.3) is 5.91 Å². The van der Waals surface area contributed by atoms with Crippen LogP contribution >= 0.6 is 0 Å². The molecule has 2 heterocycles. The molecular weight excluding hydrogens is 348 g/mol. The summed E-state index contributed by atoms with van der Waals surface area (Å²) in [5.41, 5.74) is 6.09. The maximum atomic E-state index is 12.8. The van der Waals surface area contributed by atoms with Gasteiger partial charge in [0, 0.05) is 23.6 Å². The number of nitrogens with one attached hydrogen (secondary N) is 1. The maximum Gasteiger partial charge on any atom is 0.276 e. The van der Waals surface area contributed by atoms with E-state index in [1.807, 2.05) is 74.5 Å². The van der Waals surface area contributed by atoms with E-state index in [9.17, 15) is 4.79 Å². The minimum absolute atomic E-state index is 0.242. The first-order chi connectivity index (χ1) is 13.6. The van der Waals surface area contributed by atoms with E-state index in [4.69, 9.17) is 0 Å². The van der Waals surface area contributed by atoms with E-state index < -0.39 is 0 Å². The smallest absolute Gasteiger partial charge is 0.276 e. The number of aromatic nitrogens is 3. The molecule has 0 fully saturated rings. The molecule has 0 radical (unpaired) electrons. The minimum Gasteiger partial charge on any atom is -0.321 e. The molecule has 0 aliphatic heterocycles. The van der Waals surface area contributed by atoms with E-state index in [-0.39, 0.29) is 5.91 Å². The van der Waals surface area contributed by atoms with Gasteiger partial charge in [-0.25, -0.2) is 4.68 Å². The standard InChI is InChI=1S/C23H20N4O/c1-16-8-9-19(14-17(16)2)25-23(28)21-15-22(18-10-12-24-13-11-18)27(26-21)20-6-4-3-5-7-20/h3-15H,1-2H3,(H,25,28). The summed E-state index contributed by atoms with van der Waals surface area (Å²) < 4.78 is 1.78. The average molecular weight is 368 g/mol. The zero-order valence-corrected chi connectivity index (χ0v) is 15.8. The Hall–Kier alpha value is -3.73. The Morgan fingerprint density at radius 3 is 2.36 bits per heavy atom. The molecule has 1 amide bonds.